The molecule has 1 N–H and O–H groups in total. The smallest absolute Gasteiger partial charge is 0.0123 e. The Morgan fingerprint density at radius 2 is 1.68 bits per heavy atom. The molecule has 0 radical (unpaired) electrons. The zero-order valence-corrected chi connectivity index (χ0v) is 12.6. The van der Waals surface area contributed by atoms with Crippen LogP contribution in [0.5, 0.6) is 0 Å². The Labute approximate surface area is 119 Å². The maximum atomic E-state index is 3.79. The number of hydrogen-bond donors (Lipinski definition) is 1. The van der Waals surface area contributed by atoms with E-state index in [0.29, 0.717) is 0 Å². The molecule has 19 heavy (non-hydrogen) atoms. The summed E-state index contributed by atoms with van der Waals surface area (Å²) in [6.07, 6.45) is 16.0. The first-order valence-electron chi connectivity index (χ1n) is 8.91. The normalized spacial score (nSPS) is 33.5. The molecule has 0 amide bonds. The number of rotatable bonds is 5. The highest BCUT2D eigenvalue weighted by molar-refractivity contribution is 4.89. The van der Waals surface area contributed by atoms with E-state index >= 15 is 0 Å². The van der Waals surface area contributed by atoms with Gasteiger partial charge in [0.2, 0.25) is 0 Å². The third kappa shape index (κ3) is 3.72. The molecule has 3 rings (SSSR count). The Bertz CT molecular complexity index is 260. The first kappa shape index (κ1) is 13.9. The van der Waals surface area contributed by atoms with Gasteiger partial charge in [0, 0.05) is 12.1 Å². The lowest BCUT2D eigenvalue weighted by molar-refractivity contribution is 0.111. The summed E-state index contributed by atoms with van der Waals surface area (Å²) in [5.74, 6) is 1.06. The van der Waals surface area contributed by atoms with Crippen molar-refractivity contribution in [1.82, 2.24) is 10.2 Å². The van der Waals surface area contributed by atoms with Gasteiger partial charge in [-0.3, -0.25) is 0 Å². The molecular weight excluding hydrogens is 232 g/mol. The van der Waals surface area contributed by atoms with Crippen molar-refractivity contribution in [3.63, 3.8) is 0 Å². The summed E-state index contributed by atoms with van der Waals surface area (Å²) in [5.41, 5.74) is 0. The highest BCUT2D eigenvalue weighted by atomic mass is 15.2. The van der Waals surface area contributed by atoms with E-state index in [0.717, 1.165) is 18.0 Å². The van der Waals surface area contributed by atoms with Crippen molar-refractivity contribution in [3.8, 4) is 0 Å². The van der Waals surface area contributed by atoms with E-state index in [1.807, 2.05) is 0 Å². The van der Waals surface area contributed by atoms with Gasteiger partial charge < -0.3 is 10.2 Å². The quantitative estimate of drug-likeness (QED) is 0.764. The first-order chi connectivity index (χ1) is 9.43. The molecule has 3 fully saturated rings. The van der Waals surface area contributed by atoms with Gasteiger partial charge >= 0.3 is 0 Å². The van der Waals surface area contributed by atoms with Gasteiger partial charge in [0.05, 0.1) is 0 Å². The van der Waals surface area contributed by atoms with Gasteiger partial charge in [-0.15, -0.1) is 0 Å². The molecule has 2 saturated carbocycles. The topological polar surface area (TPSA) is 15.3 Å². The van der Waals surface area contributed by atoms with Crippen molar-refractivity contribution in [1.29, 1.82) is 0 Å². The molecule has 0 aromatic heterocycles. The Morgan fingerprint density at radius 3 is 2.58 bits per heavy atom. The second kappa shape index (κ2) is 7.08. The second-order valence-corrected chi connectivity index (χ2v) is 7.08. The minimum absolute atomic E-state index is 0.842. The molecule has 2 heteroatoms. The summed E-state index contributed by atoms with van der Waals surface area (Å²) in [5, 5.41) is 3.79. The molecule has 1 heterocycles. The van der Waals surface area contributed by atoms with Crippen LogP contribution in [0, 0.1) is 5.92 Å². The van der Waals surface area contributed by atoms with E-state index in [2.05, 4.69) is 10.2 Å². The van der Waals surface area contributed by atoms with Gasteiger partial charge in [-0.2, -0.15) is 0 Å². The molecule has 2 aliphatic carbocycles. The molecule has 1 aliphatic heterocycles. The van der Waals surface area contributed by atoms with Gasteiger partial charge in [0.1, 0.15) is 0 Å². The van der Waals surface area contributed by atoms with Gasteiger partial charge in [-0.05, 0) is 70.5 Å². The maximum absolute atomic E-state index is 3.79. The lowest BCUT2D eigenvalue weighted by Gasteiger charge is -2.38. The van der Waals surface area contributed by atoms with Crippen LogP contribution >= 0.6 is 0 Å². The van der Waals surface area contributed by atoms with E-state index in [4.69, 9.17) is 0 Å². The van der Waals surface area contributed by atoms with E-state index in [9.17, 15) is 0 Å². The van der Waals surface area contributed by atoms with Crippen LogP contribution in [0.3, 0.4) is 0 Å². The predicted molar refractivity (Wildman–Crippen MR) is 81.4 cm³/mol. The Balaban J connectivity index is 1.33. The molecular formula is C17H32N2. The van der Waals surface area contributed by atoms with E-state index in [1.54, 1.807) is 0 Å². The summed E-state index contributed by atoms with van der Waals surface area (Å²) >= 11 is 0. The third-order valence-corrected chi connectivity index (χ3v) is 5.77. The molecule has 0 bridgehead atoms. The fourth-order valence-electron chi connectivity index (χ4n) is 4.73. The number of nitrogens with one attached hydrogen (secondary N) is 1. The number of piperidine rings is 1. The fraction of sp³-hybridized carbons (Fsp3) is 1.00. The molecule has 0 spiro atoms. The Kier molecular flexibility index (Phi) is 5.17. The van der Waals surface area contributed by atoms with Crippen molar-refractivity contribution < 1.29 is 0 Å². The summed E-state index contributed by atoms with van der Waals surface area (Å²) in [6.45, 7) is 3.98. The van der Waals surface area contributed by atoms with Gasteiger partial charge in [-0.1, -0.05) is 25.7 Å². The average molecular weight is 264 g/mol. The van der Waals surface area contributed by atoms with Crippen LogP contribution in [0.4, 0.5) is 0 Å². The van der Waals surface area contributed by atoms with Crippen LogP contribution in [0.1, 0.15) is 70.6 Å². The summed E-state index contributed by atoms with van der Waals surface area (Å²) in [6, 6.07) is 1.80. The lowest BCUT2D eigenvalue weighted by Crippen LogP contribution is -2.43. The van der Waals surface area contributed by atoms with Crippen LogP contribution in [0.15, 0.2) is 0 Å². The van der Waals surface area contributed by atoms with Gasteiger partial charge in [0.25, 0.3) is 0 Å². The van der Waals surface area contributed by atoms with Gasteiger partial charge in [-0.25, -0.2) is 0 Å². The zero-order chi connectivity index (χ0) is 12.9. The maximum Gasteiger partial charge on any atom is 0.0123 e. The van der Waals surface area contributed by atoms with E-state index in [1.165, 1.54) is 90.3 Å². The molecule has 0 aromatic rings. The summed E-state index contributed by atoms with van der Waals surface area (Å²) < 4.78 is 0. The summed E-state index contributed by atoms with van der Waals surface area (Å²) in [7, 11) is 0. The van der Waals surface area contributed by atoms with Crippen molar-refractivity contribution in [2.45, 2.75) is 82.7 Å². The lowest BCUT2D eigenvalue weighted by atomic mass is 9.92. The largest absolute Gasteiger partial charge is 0.314 e. The molecule has 2 nitrogen and oxygen atoms in total. The van der Waals surface area contributed by atoms with Crippen molar-refractivity contribution in [2.24, 2.45) is 5.92 Å². The molecule has 2 atom stereocenters. The zero-order valence-electron chi connectivity index (χ0n) is 12.6. The first-order valence-corrected chi connectivity index (χ1v) is 8.91. The summed E-state index contributed by atoms with van der Waals surface area (Å²) in [4.78, 5) is 2.82. The third-order valence-electron chi connectivity index (χ3n) is 5.77. The van der Waals surface area contributed by atoms with Crippen molar-refractivity contribution in [2.75, 3.05) is 19.6 Å². The molecule has 0 aromatic carbocycles. The molecule has 2 unspecified atom stereocenters. The number of hydrogen-bond acceptors (Lipinski definition) is 2. The monoisotopic (exact) mass is 264 g/mol. The average Bonchev–Trinajstić information content (AvgIpc) is 2.94. The number of fused-ring (bicyclic) bond motifs is 1. The molecule has 110 valence electrons. The number of nitrogens with zero attached hydrogens (tertiary/aromatic N) is 1. The van der Waals surface area contributed by atoms with E-state index in [-0.39, 0.29) is 0 Å². The molecule has 1 saturated heterocycles. The van der Waals surface area contributed by atoms with Gasteiger partial charge in [0.15, 0.2) is 0 Å². The highest BCUT2D eigenvalue weighted by Crippen LogP contribution is 2.36. The van der Waals surface area contributed by atoms with Crippen LogP contribution in [0.25, 0.3) is 0 Å². The van der Waals surface area contributed by atoms with Crippen LogP contribution in [0.2, 0.25) is 0 Å². The minimum atomic E-state index is 0.842. The van der Waals surface area contributed by atoms with Crippen LogP contribution in [-0.4, -0.2) is 36.6 Å². The van der Waals surface area contributed by atoms with Crippen LogP contribution < -0.4 is 5.32 Å². The van der Waals surface area contributed by atoms with Crippen molar-refractivity contribution in [3.05, 3.63) is 0 Å². The van der Waals surface area contributed by atoms with Crippen LogP contribution in [-0.2, 0) is 0 Å². The second-order valence-electron chi connectivity index (χ2n) is 7.08. The fourth-order valence-corrected chi connectivity index (χ4v) is 4.73. The highest BCUT2D eigenvalue weighted by Gasteiger charge is 2.34. The number of likely N-dealkylation sites (tertiary alicyclic amines) is 1. The Hall–Kier alpha value is -0.0800. The van der Waals surface area contributed by atoms with E-state index < -0.39 is 0 Å². The SMILES string of the molecule is C1CCC(NCCCN2CCCC3CCCC32)CC1. The minimum Gasteiger partial charge on any atom is -0.314 e. The van der Waals surface area contributed by atoms with Crippen molar-refractivity contribution >= 4 is 0 Å². The molecule has 3 aliphatic rings. The standard InChI is InChI=1S/C17H32N2/c1-2-9-16(10-3-1)18-12-6-14-19-13-5-8-15-7-4-11-17(15)19/h15-18H,1-14H2. The predicted octanol–water partition coefficient (Wildman–Crippen LogP) is 3.56. The Morgan fingerprint density at radius 1 is 0.842 bits per heavy atom.